The number of carbonyl (C=O) groups excluding carboxylic acids is 1. The van der Waals surface area contributed by atoms with E-state index in [9.17, 15) is 4.79 Å². The zero-order valence-electron chi connectivity index (χ0n) is 11.0. The number of carbonyl (C=O) groups is 1. The highest BCUT2D eigenvalue weighted by Gasteiger charge is 2.30. The first-order valence-electron chi connectivity index (χ1n) is 6.21. The molecule has 0 bridgehead atoms. The summed E-state index contributed by atoms with van der Waals surface area (Å²) in [6.07, 6.45) is 2.90. The number of hydrazone groups is 1. The van der Waals surface area contributed by atoms with Crippen LogP contribution in [0.25, 0.3) is 0 Å². The van der Waals surface area contributed by atoms with Crippen molar-refractivity contribution in [1.29, 1.82) is 0 Å². The Bertz CT molecular complexity index is 715. The van der Waals surface area contributed by atoms with E-state index in [0.29, 0.717) is 23.7 Å². The molecule has 106 valence electrons. The number of rotatable bonds is 3. The second-order valence-corrected chi connectivity index (χ2v) is 4.41. The van der Waals surface area contributed by atoms with Gasteiger partial charge in [-0.15, -0.1) is 0 Å². The summed E-state index contributed by atoms with van der Waals surface area (Å²) in [4.78, 5) is 22.5. The summed E-state index contributed by atoms with van der Waals surface area (Å²) < 4.78 is 0. The number of pyridine rings is 2. The zero-order valence-corrected chi connectivity index (χ0v) is 11.0. The van der Waals surface area contributed by atoms with Crippen LogP contribution in [0.4, 0.5) is 11.6 Å². The first kappa shape index (κ1) is 13.0. The van der Waals surface area contributed by atoms with Gasteiger partial charge in [-0.1, -0.05) is 6.07 Å². The minimum atomic E-state index is -0.126. The quantitative estimate of drug-likeness (QED) is 0.360. The number of hydrogen-bond acceptors (Lipinski definition) is 6. The molecule has 2 aromatic rings. The van der Waals surface area contributed by atoms with Crippen molar-refractivity contribution in [2.24, 2.45) is 16.8 Å². The van der Waals surface area contributed by atoms with Crippen LogP contribution in [0.2, 0.25) is 0 Å². The van der Waals surface area contributed by atoms with Gasteiger partial charge in [-0.25, -0.2) is 15.8 Å². The Morgan fingerprint density at radius 1 is 1.33 bits per heavy atom. The van der Waals surface area contributed by atoms with Crippen LogP contribution in [0.5, 0.6) is 0 Å². The van der Waals surface area contributed by atoms with E-state index in [2.05, 4.69) is 15.1 Å². The van der Waals surface area contributed by atoms with Crippen LogP contribution in [0, 0.1) is 0 Å². The Hall–Kier alpha value is -3.00. The van der Waals surface area contributed by atoms with Gasteiger partial charge in [0.2, 0.25) is 0 Å². The Kier molecular flexibility index (Phi) is 3.20. The zero-order chi connectivity index (χ0) is 14.8. The normalized spacial score (nSPS) is 13.8. The maximum Gasteiger partial charge on any atom is 0.261 e. The number of hydrazine groups is 1. The highest BCUT2D eigenvalue weighted by Crippen LogP contribution is 2.26. The smallest absolute Gasteiger partial charge is 0.261 e. The maximum atomic E-state index is 12.4. The highest BCUT2D eigenvalue weighted by atomic mass is 16.2. The number of amides is 1. The van der Waals surface area contributed by atoms with Gasteiger partial charge in [0, 0.05) is 6.20 Å². The van der Waals surface area contributed by atoms with Gasteiger partial charge >= 0.3 is 0 Å². The Balaban J connectivity index is 1.93. The van der Waals surface area contributed by atoms with E-state index in [1.165, 1.54) is 11.3 Å². The molecule has 2 aromatic heterocycles. The van der Waals surface area contributed by atoms with Gasteiger partial charge in [0.1, 0.15) is 12.2 Å². The van der Waals surface area contributed by atoms with Crippen LogP contribution in [0.3, 0.4) is 0 Å². The number of anilines is 2. The summed E-state index contributed by atoms with van der Waals surface area (Å²) in [5, 5.41) is 4.51. The minimum Gasteiger partial charge on any atom is -0.322 e. The van der Waals surface area contributed by atoms with Crippen molar-refractivity contribution < 1.29 is 4.79 Å². The molecule has 1 amide bonds. The second-order valence-electron chi connectivity index (χ2n) is 4.41. The molecule has 1 aliphatic heterocycles. The predicted octanol–water partition coefficient (Wildman–Crippen LogP) is 0.219. The van der Waals surface area contributed by atoms with E-state index in [1.807, 2.05) is 0 Å². The lowest BCUT2D eigenvalue weighted by Gasteiger charge is -2.17. The summed E-state index contributed by atoms with van der Waals surface area (Å²) in [7, 11) is 0. The fourth-order valence-electron chi connectivity index (χ4n) is 2.15. The van der Waals surface area contributed by atoms with Crippen LogP contribution in [-0.2, 0) is 6.54 Å². The first-order valence-corrected chi connectivity index (χ1v) is 6.21. The average Bonchev–Trinajstić information content (AvgIpc) is 2.85. The summed E-state index contributed by atoms with van der Waals surface area (Å²) >= 11 is 0. The molecule has 0 spiro atoms. The van der Waals surface area contributed by atoms with E-state index < -0.39 is 0 Å². The Morgan fingerprint density at radius 2 is 2.19 bits per heavy atom. The third-order valence-corrected chi connectivity index (χ3v) is 3.13. The Morgan fingerprint density at radius 3 is 2.95 bits per heavy atom. The molecule has 21 heavy (non-hydrogen) atoms. The van der Waals surface area contributed by atoms with Crippen LogP contribution < -0.4 is 21.6 Å². The van der Waals surface area contributed by atoms with Crippen LogP contribution >= 0.6 is 0 Å². The summed E-state index contributed by atoms with van der Waals surface area (Å²) in [6.45, 7) is 0.390. The SMILES string of the molecule is N/N=C\N(N)c1cccc(N2Cc3ncccc3C2=O)n1. The molecular weight excluding hydrogens is 270 g/mol. The molecule has 3 heterocycles. The van der Waals surface area contributed by atoms with E-state index in [-0.39, 0.29) is 5.91 Å². The van der Waals surface area contributed by atoms with Crippen molar-refractivity contribution in [3.8, 4) is 0 Å². The van der Waals surface area contributed by atoms with Crippen LogP contribution in [-0.4, -0.2) is 22.2 Å². The molecule has 0 aromatic carbocycles. The van der Waals surface area contributed by atoms with Crippen molar-refractivity contribution in [3.63, 3.8) is 0 Å². The molecule has 0 unspecified atom stereocenters. The molecule has 4 N–H and O–H groups in total. The number of aromatic nitrogens is 2. The molecule has 8 nitrogen and oxygen atoms in total. The molecule has 0 atom stereocenters. The first-order chi connectivity index (χ1) is 10.2. The molecule has 0 saturated heterocycles. The van der Waals surface area contributed by atoms with E-state index in [1.54, 1.807) is 41.4 Å². The van der Waals surface area contributed by atoms with Gasteiger partial charge in [0.05, 0.1) is 17.8 Å². The van der Waals surface area contributed by atoms with Crippen LogP contribution in [0.15, 0.2) is 41.6 Å². The summed E-state index contributed by atoms with van der Waals surface area (Å²) in [5.41, 5.74) is 1.33. The minimum absolute atomic E-state index is 0.126. The molecular formula is C13H13N7O. The lowest BCUT2D eigenvalue weighted by Crippen LogP contribution is -2.31. The predicted molar refractivity (Wildman–Crippen MR) is 78.3 cm³/mol. The van der Waals surface area contributed by atoms with Gasteiger partial charge in [-0.3, -0.25) is 14.7 Å². The van der Waals surface area contributed by atoms with Gasteiger partial charge in [-0.2, -0.15) is 5.10 Å². The summed E-state index contributed by atoms with van der Waals surface area (Å²) in [5.74, 6) is 11.6. The lowest BCUT2D eigenvalue weighted by atomic mass is 10.2. The van der Waals surface area contributed by atoms with E-state index in [0.717, 1.165) is 5.69 Å². The third-order valence-electron chi connectivity index (χ3n) is 3.13. The topological polar surface area (TPSA) is 114 Å². The number of fused-ring (bicyclic) bond motifs is 1. The fraction of sp³-hybridized carbons (Fsp3) is 0.0769. The fourth-order valence-corrected chi connectivity index (χ4v) is 2.15. The largest absolute Gasteiger partial charge is 0.322 e. The van der Waals surface area contributed by atoms with Gasteiger partial charge < -0.3 is 5.84 Å². The van der Waals surface area contributed by atoms with Crippen LogP contribution in [0.1, 0.15) is 16.1 Å². The highest BCUT2D eigenvalue weighted by molar-refractivity contribution is 6.09. The molecule has 0 saturated carbocycles. The van der Waals surface area contributed by atoms with E-state index in [4.69, 9.17) is 11.7 Å². The molecule has 0 aliphatic carbocycles. The Labute approximate surface area is 120 Å². The van der Waals surface area contributed by atoms with Gasteiger partial charge in [-0.05, 0) is 24.3 Å². The molecule has 0 radical (unpaired) electrons. The molecule has 8 heteroatoms. The molecule has 1 aliphatic rings. The standard InChI is InChI=1S/C13H13N7O/c14-17-8-20(15)12-5-1-4-11(18-12)19-7-10-9(13(19)21)3-2-6-16-10/h1-6,8H,7,14-15H2/b17-8-. The van der Waals surface area contributed by atoms with Crippen molar-refractivity contribution in [1.82, 2.24) is 9.97 Å². The molecule has 3 rings (SSSR count). The number of nitrogens with two attached hydrogens (primary N) is 2. The van der Waals surface area contributed by atoms with Crippen molar-refractivity contribution in [2.45, 2.75) is 6.54 Å². The maximum absolute atomic E-state index is 12.4. The van der Waals surface area contributed by atoms with E-state index >= 15 is 0 Å². The van der Waals surface area contributed by atoms with Crippen molar-refractivity contribution >= 4 is 23.9 Å². The van der Waals surface area contributed by atoms with Crippen molar-refractivity contribution in [3.05, 3.63) is 47.8 Å². The van der Waals surface area contributed by atoms with Gasteiger partial charge in [0.25, 0.3) is 5.91 Å². The summed E-state index contributed by atoms with van der Waals surface area (Å²) in [6, 6.07) is 8.68. The number of hydrogen-bond donors (Lipinski definition) is 2. The van der Waals surface area contributed by atoms with Gasteiger partial charge in [0.15, 0.2) is 5.82 Å². The number of nitrogens with zero attached hydrogens (tertiary/aromatic N) is 5. The average molecular weight is 283 g/mol. The van der Waals surface area contributed by atoms with Crippen molar-refractivity contribution in [2.75, 3.05) is 9.91 Å². The molecule has 0 fully saturated rings. The second kappa shape index (κ2) is 5.17. The third kappa shape index (κ3) is 2.28. The monoisotopic (exact) mass is 283 g/mol. The lowest BCUT2D eigenvalue weighted by molar-refractivity contribution is 0.0996.